The van der Waals surface area contributed by atoms with E-state index in [9.17, 15) is 0 Å². The van der Waals surface area contributed by atoms with Crippen LogP contribution in [0.3, 0.4) is 0 Å². The molecule has 1 aromatic rings. The second-order valence-corrected chi connectivity index (χ2v) is 4.89. The first-order valence-electron chi connectivity index (χ1n) is 6.44. The van der Waals surface area contributed by atoms with Crippen LogP contribution in [0.4, 0.5) is 5.95 Å². The number of hydrogen-bond donors (Lipinski definition) is 0. The van der Waals surface area contributed by atoms with Gasteiger partial charge in [0, 0.05) is 38.6 Å². The zero-order valence-corrected chi connectivity index (χ0v) is 11.0. The minimum absolute atomic E-state index is 0.556. The van der Waals surface area contributed by atoms with Crippen molar-refractivity contribution >= 4 is 5.95 Å². The Morgan fingerprint density at radius 1 is 1.41 bits per heavy atom. The molecule has 0 unspecified atom stereocenters. The number of hydrogen-bond acceptors (Lipinski definition) is 4. The van der Waals surface area contributed by atoms with Gasteiger partial charge in [-0.25, -0.2) is 9.97 Å². The van der Waals surface area contributed by atoms with Gasteiger partial charge >= 0.3 is 0 Å². The highest BCUT2D eigenvalue weighted by molar-refractivity contribution is 5.29. The van der Waals surface area contributed by atoms with E-state index in [0.717, 1.165) is 12.5 Å². The molecule has 1 aliphatic rings. The molecule has 1 saturated heterocycles. The van der Waals surface area contributed by atoms with Crippen molar-refractivity contribution in [3.8, 4) is 0 Å². The lowest BCUT2D eigenvalue weighted by atomic mass is 9.93. The molecule has 1 aromatic heterocycles. The predicted octanol–water partition coefficient (Wildman–Crippen LogP) is 1.64. The first-order chi connectivity index (χ1) is 8.22. The molecule has 1 fully saturated rings. The molecule has 2 heterocycles. The minimum Gasteiger partial charge on any atom is -0.341 e. The Morgan fingerprint density at radius 2 is 2.12 bits per heavy atom. The molecule has 0 amide bonds. The second-order valence-electron chi connectivity index (χ2n) is 4.89. The van der Waals surface area contributed by atoms with Crippen molar-refractivity contribution < 1.29 is 0 Å². The highest BCUT2D eigenvalue weighted by Crippen LogP contribution is 2.23. The second kappa shape index (κ2) is 5.45. The molecular formula is C13H22N4. The van der Waals surface area contributed by atoms with Crippen molar-refractivity contribution in [2.24, 2.45) is 5.92 Å². The Morgan fingerprint density at radius 3 is 2.71 bits per heavy atom. The van der Waals surface area contributed by atoms with Crippen molar-refractivity contribution in [1.29, 1.82) is 0 Å². The average Bonchev–Trinajstić information content (AvgIpc) is 2.39. The molecule has 2 atom stereocenters. The molecule has 2 rings (SSSR count). The predicted molar refractivity (Wildman–Crippen MR) is 70.1 cm³/mol. The average molecular weight is 234 g/mol. The van der Waals surface area contributed by atoms with Crippen molar-refractivity contribution in [1.82, 2.24) is 14.9 Å². The largest absolute Gasteiger partial charge is 0.341 e. The molecule has 4 heteroatoms. The lowest BCUT2D eigenvalue weighted by Crippen LogP contribution is -2.49. The fourth-order valence-electron chi connectivity index (χ4n) is 2.70. The quantitative estimate of drug-likeness (QED) is 0.796. The molecule has 0 saturated carbocycles. The normalized spacial score (nSPS) is 25.8. The fourth-order valence-corrected chi connectivity index (χ4v) is 2.70. The van der Waals surface area contributed by atoms with Gasteiger partial charge in [-0.3, -0.25) is 0 Å². The zero-order valence-electron chi connectivity index (χ0n) is 11.0. The van der Waals surface area contributed by atoms with Crippen molar-refractivity contribution in [2.75, 3.05) is 31.6 Å². The van der Waals surface area contributed by atoms with E-state index in [-0.39, 0.29) is 0 Å². The van der Waals surface area contributed by atoms with Crippen LogP contribution in [0.2, 0.25) is 0 Å². The third-order valence-corrected chi connectivity index (χ3v) is 3.76. The Bertz CT molecular complexity index is 341. The van der Waals surface area contributed by atoms with Crippen LogP contribution in [0.5, 0.6) is 0 Å². The first kappa shape index (κ1) is 12.3. The van der Waals surface area contributed by atoms with Crippen LogP contribution in [0.1, 0.15) is 20.3 Å². The third-order valence-electron chi connectivity index (χ3n) is 3.76. The number of rotatable bonds is 3. The number of nitrogens with zero attached hydrogens (tertiary/aromatic N) is 4. The standard InChI is InChI=1S/C13H22N4/c1-4-17-9-6-12(11(2)10-17)16(3)13-14-7-5-8-15-13/h5,7-8,11-12H,4,6,9-10H2,1-3H3/t11-,12-/m0/s1. The van der Waals surface area contributed by atoms with Gasteiger partial charge in [-0.05, 0) is 24.9 Å². The monoisotopic (exact) mass is 234 g/mol. The van der Waals surface area contributed by atoms with Crippen molar-refractivity contribution in [3.63, 3.8) is 0 Å². The van der Waals surface area contributed by atoms with Crippen LogP contribution in [-0.4, -0.2) is 47.6 Å². The van der Waals surface area contributed by atoms with Gasteiger partial charge in [-0.2, -0.15) is 0 Å². The molecule has 0 N–H and O–H groups in total. The summed E-state index contributed by atoms with van der Waals surface area (Å²) in [5.41, 5.74) is 0. The van der Waals surface area contributed by atoms with Crippen LogP contribution in [0.15, 0.2) is 18.5 Å². The van der Waals surface area contributed by atoms with Gasteiger partial charge in [-0.1, -0.05) is 13.8 Å². The van der Waals surface area contributed by atoms with E-state index in [4.69, 9.17) is 0 Å². The fraction of sp³-hybridized carbons (Fsp3) is 0.692. The summed E-state index contributed by atoms with van der Waals surface area (Å²) in [5, 5.41) is 0. The number of likely N-dealkylation sites (tertiary alicyclic amines) is 1. The van der Waals surface area contributed by atoms with E-state index in [0.29, 0.717) is 12.0 Å². The molecular weight excluding hydrogens is 212 g/mol. The summed E-state index contributed by atoms with van der Waals surface area (Å²) in [7, 11) is 2.11. The summed E-state index contributed by atoms with van der Waals surface area (Å²) in [5.74, 6) is 1.51. The highest BCUT2D eigenvalue weighted by Gasteiger charge is 2.29. The van der Waals surface area contributed by atoms with Gasteiger partial charge in [0.1, 0.15) is 0 Å². The Balaban J connectivity index is 2.03. The van der Waals surface area contributed by atoms with E-state index in [2.05, 4.69) is 40.7 Å². The van der Waals surface area contributed by atoms with Crippen LogP contribution in [0, 0.1) is 5.92 Å². The Hall–Kier alpha value is -1.16. The van der Waals surface area contributed by atoms with Crippen LogP contribution < -0.4 is 4.90 Å². The molecule has 17 heavy (non-hydrogen) atoms. The van der Waals surface area contributed by atoms with E-state index in [1.54, 1.807) is 0 Å². The summed E-state index contributed by atoms with van der Waals surface area (Å²) < 4.78 is 0. The van der Waals surface area contributed by atoms with Gasteiger partial charge in [0.15, 0.2) is 0 Å². The summed E-state index contributed by atoms with van der Waals surface area (Å²) >= 11 is 0. The zero-order chi connectivity index (χ0) is 12.3. The highest BCUT2D eigenvalue weighted by atomic mass is 15.3. The summed E-state index contributed by atoms with van der Waals surface area (Å²) in [6.45, 7) is 8.08. The molecule has 0 spiro atoms. The molecule has 4 nitrogen and oxygen atoms in total. The van der Waals surface area contributed by atoms with Crippen LogP contribution in [-0.2, 0) is 0 Å². The SMILES string of the molecule is CCN1CC[C@H](N(C)c2ncccn2)[C@@H](C)C1. The summed E-state index contributed by atoms with van der Waals surface area (Å²) in [6, 6.07) is 2.42. The topological polar surface area (TPSA) is 32.3 Å². The van der Waals surface area contributed by atoms with E-state index in [1.807, 2.05) is 18.5 Å². The first-order valence-corrected chi connectivity index (χ1v) is 6.44. The summed E-state index contributed by atoms with van der Waals surface area (Å²) in [6.07, 6.45) is 4.82. The van der Waals surface area contributed by atoms with Gasteiger partial charge < -0.3 is 9.80 Å². The maximum Gasteiger partial charge on any atom is 0.225 e. The minimum atomic E-state index is 0.556. The lowest BCUT2D eigenvalue weighted by Gasteiger charge is -2.40. The van der Waals surface area contributed by atoms with Crippen molar-refractivity contribution in [2.45, 2.75) is 26.3 Å². The lowest BCUT2D eigenvalue weighted by molar-refractivity contribution is 0.168. The van der Waals surface area contributed by atoms with Crippen LogP contribution in [0.25, 0.3) is 0 Å². The van der Waals surface area contributed by atoms with E-state index in [1.165, 1.54) is 19.5 Å². The molecule has 0 aliphatic carbocycles. The van der Waals surface area contributed by atoms with Gasteiger partial charge in [0.05, 0.1) is 0 Å². The number of piperidine rings is 1. The van der Waals surface area contributed by atoms with Crippen molar-refractivity contribution in [3.05, 3.63) is 18.5 Å². The molecule has 1 aliphatic heterocycles. The maximum atomic E-state index is 4.33. The van der Waals surface area contributed by atoms with Crippen LogP contribution >= 0.6 is 0 Å². The van der Waals surface area contributed by atoms with Gasteiger partial charge in [0.25, 0.3) is 0 Å². The Kier molecular flexibility index (Phi) is 3.94. The molecule has 94 valence electrons. The molecule has 0 aromatic carbocycles. The summed E-state index contributed by atoms with van der Waals surface area (Å²) in [4.78, 5) is 13.4. The van der Waals surface area contributed by atoms with E-state index < -0.39 is 0 Å². The maximum absolute atomic E-state index is 4.33. The Labute approximate surface area is 104 Å². The number of aromatic nitrogens is 2. The third kappa shape index (κ3) is 2.75. The molecule has 0 radical (unpaired) electrons. The molecule has 0 bridgehead atoms. The van der Waals surface area contributed by atoms with Gasteiger partial charge in [0.2, 0.25) is 5.95 Å². The smallest absolute Gasteiger partial charge is 0.225 e. The van der Waals surface area contributed by atoms with E-state index >= 15 is 0 Å². The van der Waals surface area contributed by atoms with Gasteiger partial charge in [-0.15, -0.1) is 0 Å². The number of anilines is 1.